The van der Waals surface area contributed by atoms with E-state index in [4.69, 9.17) is 9.57 Å². The van der Waals surface area contributed by atoms with Crippen LogP contribution in [0.5, 0.6) is 0 Å². The first-order valence-electron chi connectivity index (χ1n) is 9.07. The summed E-state index contributed by atoms with van der Waals surface area (Å²) in [5.41, 5.74) is -1.07. The van der Waals surface area contributed by atoms with Gasteiger partial charge in [0.2, 0.25) is 6.41 Å². The van der Waals surface area contributed by atoms with Crippen LogP contribution >= 0.6 is 0 Å². The maximum atomic E-state index is 12.4. The largest absolute Gasteiger partial charge is 0.390 e. The zero-order valence-electron chi connectivity index (χ0n) is 15.8. The van der Waals surface area contributed by atoms with Gasteiger partial charge in [0.1, 0.15) is 18.9 Å². The summed E-state index contributed by atoms with van der Waals surface area (Å²) in [5.74, 6) is -1.24. The minimum Gasteiger partial charge on any atom is -0.390 e. The molecule has 0 aliphatic carbocycles. The molecule has 2 aliphatic rings. The molecule has 11 nitrogen and oxygen atoms in total. The van der Waals surface area contributed by atoms with Crippen LogP contribution in [-0.2, 0) is 14.4 Å². The van der Waals surface area contributed by atoms with Gasteiger partial charge in [-0.1, -0.05) is 12.1 Å². The monoisotopic (exact) mass is 415 g/mol. The molecule has 11 heteroatoms. The van der Waals surface area contributed by atoms with E-state index >= 15 is 0 Å². The lowest BCUT2D eigenvalue weighted by molar-refractivity contribution is -0.141. The van der Waals surface area contributed by atoms with Crippen molar-refractivity contribution in [2.45, 2.75) is 31.8 Å². The van der Waals surface area contributed by atoms with Crippen molar-refractivity contribution in [3.8, 4) is 0 Å². The van der Waals surface area contributed by atoms with E-state index in [9.17, 15) is 29.1 Å². The quantitative estimate of drug-likeness (QED) is 0.497. The van der Waals surface area contributed by atoms with E-state index in [-0.39, 0.29) is 36.1 Å². The van der Waals surface area contributed by atoms with E-state index < -0.39 is 41.5 Å². The van der Waals surface area contributed by atoms with Gasteiger partial charge >= 0.3 is 5.69 Å². The number of aryl methyl sites for hydroxylation is 1. The van der Waals surface area contributed by atoms with E-state index in [0.717, 1.165) is 4.57 Å². The fourth-order valence-electron chi connectivity index (χ4n) is 3.49. The average molecular weight is 415 g/mol. The third kappa shape index (κ3) is 3.09. The highest BCUT2D eigenvalue weighted by molar-refractivity contribution is 6.20. The number of hydroxylamine groups is 2. The summed E-state index contributed by atoms with van der Waals surface area (Å²) in [6.07, 6.45) is -1.66. The lowest BCUT2D eigenvalue weighted by Gasteiger charge is -2.19. The molecule has 4 rings (SSSR count). The highest BCUT2D eigenvalue weighted by atomic mass is 16.7. The fourth-order valence-corrected chi connectivity index (χ4v) is 3.49. The first kappa shape index (κ1) is 19.9. The predicted molar refractivity (Wildman–Crippen MR) is 99.3 cm³/mol. The second-order valence-corrected chi connectivity index (χ2v) is 6.96. The van der Waals surface area contributed by atoms with Crippen LogP contribution in [0, 0.1) is 6.92 Å². The number of carbonyl (C=O) groups excluding carboxylic acids is 3. The third-order valence-electron chi connectivity index (χ3n) is 5.06. The second-order valence-electron chi connectivity index (χ2n) is 6.96. The predicted octanol–water partition coefficient (Wildman–Crippen LogP) is -0.767. The number of benzene rings is 1. The molecule has 1 saturated heterocycles. The minimum absolute atomic E-state index is 0.0213. The van der Waals surface area contributed by atoms with E-state index in [1.165, 1.54) is 25.3 Å². The van der Waals surface area contributed by atoms with Crippen LogP contribution in [0.1, 0.15) is 38.9 Å². The van der Waals surface area contributed by atoms with Crippen molar-refractivity contribution in [3.63, 3.8) is 0 Å². The number of aliphatic hydroxyl groups is 1. The van der Waals surface area contributed by atoms with Crippen molar-refractivity contribution in [3.05, 3.63) is 68.0 Å². The van der Waals surface area contributed by atoms with Gasteiger partial charge in [0.25, 0.3) is 17.4 Å². The summed E-state index contributed by atoms with van der Waals surface area (Å²) >= 11 is 0. The number of hydrogen-bond acceptors (Lipinski definition) is 8. The highest BCUT2D eigenvalue weighted by Gasteiger charge is 2.40. The molecule has 1 aromatic carbocycles. The van der Waals surface area contributed by atoms with Crippen LogP contribution in [-0.4, -0.2) is 56.3 Å². The summed E-state index contributed by atoms with van der Waals surface area (Å²) in [4.78, 5) is 65.3. The first-order chi connectivity index (χ1) is 14.3. The van der Waals surface area contributed by atoms with Crippen molar-refractivity contribution in [1.29, 1.82) is 0 Å². The molecule has 3 heterocycles. The van der Waals surface area contributed by atoms with Crippen molar-refractivity contribution >= 4 is 18.2 Å². The Morgan fingerprint density at radius 1 is 1.17 bits per heavy atom. The van der Waals surface area contributed by atoms with Crippen molar-refractivity contribution in [1.82, 2.24) is 14.2 Å². The van der Waals surface area contributed by atoms with E-state index in [2.05, 4.69) is 0 Å². The number of hydrogen-bond donors (Lipinski definition) is 1. The standard InChI is InChI=1S/C19H17N3O8/c1-10-7-20(19(28)21(9-23)16(10)25)15-6-13(24)14(30-15)8-29-22-17(26)11-4-2-3-5-12(11)18(22)27/h2-5,7,9,13-15,24H,6,8H2,1H3/t13?,14-,15-/m1/s1. The van der Waals surface area contributed by atoms with Gasteiger partial charge < -0.3 is 9.84 Å². The molecule has 30 heavy (non-hydrogen) atoms. The summed E-state index contributed by atoms with van der Waals surface area (Å²) < 4.78 is 7.10. The van der Waals surface area contributed by atoms with Crippen LogP contribution in [0.3, 0.4) is 0 Å². The number of fused-ring (bicyclic) bond motifs is 1. The molecule has 1 aromatic heterocycles. The van der Waals surface area contributed by atoms with Crippen molar-refractivity contribution < 1.29 is 29.1 Å². The van der Waals surface area contributed by atoms with Gasteiger partial charge in [-0.2, -0.15) is 4.57 Å². The molecule has 2 amide bonds. The van der Waals surface area contributed by atoms with Crippen LogP contribution in [0.25, 0.3) is 0 Å². The molecule has 2 aliphatic heterocycles. The Morgan fingerprint density at radius 3 is 2.40 bits per heavy atom. The van der Waals surface area contributed by atoms with Gasteiger partial charge in [-0.3, -0.25) is 28.6 Å². The molecule has 0 bridgehead atoms. The number of ether oxygens (including phenoxy) is 1. The fraction of sp³-hybridized carbons (Fsp3) is 0.316. The molecule has 0 spiro atoms. The molecule has 2 aromatic rings. The van der Waals surface area contributed by atoms with Crippen LogP contribution in [0.2, 0.25) is 0 Å². The smallest absolute Gasteiger partial charge is 0.339 e. The number of imide groups is 1. The Kier molecular flexibility index (Phi) is 4.94. The lowest BCUT2D eigenvalue weighted by Crippen LogP contribution is -2.42. The molecule has 0 saturated carbocycles. The summed E-state index contributed by atoms with van der Waals surface area (Å²) in [5, 5.41) is 10.9. The average Bonchev–Trinajstić information content (AvgIpc) is 3.21. The number of nitrogens with zero attached hydrogens (tertiary/aromatic N) is 3. The van der Waals surface area contributed by atoms with Crippen molar-refractivity contribution in [2.75, 3.05) is 6.61 Å². The van der Waals surface area contributed by atoms with Crippen molar-refractivity contribution in [2.24, 2.45) is 0 Å². The Bertz CT molecular complexity index is 1130. The minimum atomic E-state index is -1.08. The number of aromatic nitrogens is 2. The number of aliphatic hydroxyl groups excluding tert-OH is 1. The Labute approximate surface area is 168 Å². The summed E-state index contributed by atoms with van der Waals surface area (Å²) in [6.45, 7) is 1.11. The molecule has 3 atom stereocenters. The first-order valence-corrected chi connectivity index (χ1v) is 9.07. The molecule has 0 radical (unpaired) electrons. The van der Waals surface area contributed by atoms with E-state index in [1.807, 2.05) is 0 Å². The SMILES string of the molecule is Cc1cn([C@H]2CC(O)[C@@H](CON3C(=O)c4ccccc4C3=O)O2)c(=O)n(C=O)c1=O. The van der Waals surface area contributed by atoms with Crippen LogP contribution < -0.4 is 11.2 Å². The molecule has 156 valence electrons. The Morgan fingerprint density at radius 2 is 1.80 bits per heavy atom. The van der Waals surface area contributed by atoms with Crippen LogP contribution in [0.4, 0.5) is 0 Å². The molecule has 1 unspecified atom stereocenters. The Balaban J connectivity index is 1.49. The summed E-state index contributed by atoms with van der Waals surface area (Å²) in [6, 6.07) is 6.26. The number of rotatable bonds is 5. The Hall–Kier alpha value is -3.41. The normalized spacial score (nSPS) is 23.1. The van der Waals surface area contributed by atoms with Gasteiger partial charge in [-0.05, 0) is 19.1 Å². The maximum absolute atomic E-state index is 12.4. The lowest BCUT2D eigenvalue weighted by atomic mass is 10.1. The summed E-state index contributed by atoms with van der Waals surface area (Å²) in [7, 11) is 0. The van der Waals surface area contributed by atoms with Gasteiger partial charge in [0.05, 0.1) is 17.2 Å². The zero-order valence-corrected chi connectivity index (χ0v) is 15.8. The van der Waals surface area contributed by atoms with Gasteiger partial charge in [0.15, 0.2) is 0 Å². The topological polar surface area (TPSA) is 137 Å². The second kappa shape index (κ2) is 7.44. The number of amides is 2. The third-order valence-corrected chi connectivity index (χ3v) is 5.06. The maximum Gasteiger partial charge on any atom is 0.339 e. The molecular weight excluding hydrogens is 398 g/mol. The van der Waals surface area contributed by atoms with Crippen LogP contribution in [0.15, 0.2) is 40.1 Å². The van der Waals surface area contributed by atoms with Gasteiger partial charge in [-0.25, -0.2) is 4.79 Å². The zero-order chi connectivity index (χ0) is 21.6. The molecular formula is C19H17N3O8. The molecule has 1 fully saturated rings. The van der Waals surface area contributed by atoms with Gasteiger partial charge in [-0.15, -0.1) is 5.06 Å². The molecule has 1 N–H and O–H groups in total. The van der Waals surface area contributed by atoms with E-state index in [0.29, 0.717) is 9.63 Å². The highest BCUT2D eigenvalue weighted by Crippen LogP contribution is 2.29. The number of carbonyl (C=O) groups is 3. The van der Waals surface area contributed by atoms with E-state index in [1.54, 1.807) is 12.1 Å². The van der Waals surface area contributed by atoms with Gasteiger partial charge in [0, 0.05) is 18.2 Å².